The Labute approximate surface area is 156 Å². The molecule has 0 unspecified atom stereocenters. The first-order valence-electron chi connectivity index (χ1n) is 9.34. The third-order valence-electron chi connectivity index (χ3n) is 5.36. The van der Waals surface area contributed by atoms with Crippen LogP contribution in [0.25, 0.3) is 33.1 Å². The number of aromatic amines is 1. The maximum absolute atomic E-state index is 6.27. The van der Waals surface area contributed by atoms with Gasteiger partial charge >= 0.3 is 0 Å². The van der Waals surface area contributed by atoms with Gasteiger partial charge in [0.05, 0.1) is 22.9 Å². The van der Waals surface area contributed by atoms with Gasteiger partial charge < -0.3 is 16.0 Å². The number of fused-ring (bicyclic) bond motifs is 2. The van der Waals surface area contributed by atoms with E-state index in [0.29, 0.717) is 5.95 Å². The van der Waals surface area contributed by atoms with Crippen molar-refractivity contribution in [3.63, 3.8) is 0 Å². The van der Waals surface area contributed by atoms with Crippen molar-refractivity contribution < 1.29 is 0 Å². The molecule has 1 aliphatic rings. The lowest BCUT2D eigenvalue weighted by Gasteiger charge is -2.29. The van der Waals surface area contributed by atoms with Crippen LogP contribution in [-0.2, 0) is 0 Å². The standard InChI is InChI=1S/C20H21N7/c21-15-3-1-2-4-16(15)26-20-23-9-13-8-22-10-14(19(13)27-20)12-5-6-17-18(7-12)25-11-24-17/h5-11,15-16H,1-4,21H2,(H,24,25)(H,23,26,27)/t15-,16+/m1/s1. The number of nitrogens with zero attached hydrogens (tertiary/aromatic N) is 4. The molecule has 0 bridgehead atoms. The van der Waals surface area contributed by atoms with E-state index < -0.39 is 0 Å². The highest BCUT2D eigenvalue weighted by Gasteiger charge is 2.22. The molecule has 4 N–H and O–H groups in total. The molecule has 1 aliphatic carbocycles. The number of benzene rings is 1. The Morgan fingerprint density at radius 1 is 1.07 bits per heavy atom. The molecule has 7 heteroatoms. The Bertz CT molecular complexity index is 1100. The minimum Gasteiger partial charge on any atom is -0.350 e. The van der Waals surface area contributed by atoms with Crippen LogP contribution in [0.3, 0.4) is 0 Å². The quantitative estimate of drug-likeness (QED) is 0.518. The molecule has 2 atom stereocenters. The largest absolute Gasteiger partial charge is 0.350 e. The topological polar surface area (TPSA) is 105 Å². The molecule has 0 radical (unpaired) electrons. The summed E-state index contributed by atoms with van der Waals surface area (Å²) in [5, 5.41) is 4.35. The van der Waals surface area contributed by atoms with E-state index in [1.54, 1.807) is 12.5 Å². The zero-order chi connectivity index (χ0) is 18.2. The highest BCUT2D eigenvalue weighted by atomic mass is 15.1. The molecule has 3 heterocycles. The van der Waals surface area contributed by atoms with E-state index in [0.717, 1.165) is 45.9 Å². The van der Waals surface area contributed by atoms with Crippen LogP contribution < -0.4 is 11.1 Å². The number of aromatic nitrogens is 5. The second-order valence-electron chi connectivity index (χ2n) is 7.15. The number of nitrogens with two attached hydrogens (primary N) is 1. The molecule has 7 nitrogen and oxygen atoms in total. The van der Waals surface area contributed by atoms with Crippen molar-refractivity contribution in [2.45, 2.75) is 37.8 Å². The van der Waals surface area contributed by atoms with Crippen LogP contribution in [-0.4, -0.2) is 37.0 Å². The lowest BCUT2D eigenvalue weighted by Crippen LogP contribution is -2.42. The molecule has 1 fully saturated rings. The van der Waals surface area contributed by atoms with Crippen molar-refractivity contribution in [1.29, 1.82) is 0 Å². The first-order chi connectivity index (χ1) is 13.3. The van der Waals surface area contributed by atoms with E-state index in [1.807, 2.05) is 18.5 Å². The highest BCUT2D eigenvalue weighted by molar-refractivity contribution is 5.94. The Morgan fingerprint density at radius 3 is 2.93 bits per heavy atom. The van der Waals surface area contributed by atoms with Gasteiger partial charge in [-0.25, -0.2) is 15.0 Å². The van der Waals surface area contributed by atoms with Gasteiger partial charge in [-0.2, -0.15) is 0 Å². The predicted octanol–water partition coefficient (Wildman–Crippen LogP) is 3.25. The third-order valence-corrected chi connectivity index (χ3v) is 5.36. The van der Waals surface area contributed by atoms with Crippen molar-refractivity contribution >= 4 is 27.9 Å². The number of nitrogens with one attached hydrogen (secondary N) is 2. The van der Waals surface area contributed by atoms with E-state index in [4.69, 9.17) is 10.7 Å². The summed E-state index contributed by atoms with van der Waals surface area (Å²) in [7, 11) is 0. The van der Waals surface area contributed by atoms with Gasteiger partial charge in [0, 0.05) is 41.6 Å². The van der Waals surface area contributed by atoms with Gasteiger partial charge in [-0.15, -0.1) is 0 Å². The fourth-order valence-electron chi connectivity index (χ4n) is 3.84. The Morgan fingerprint density at radius 2 is 2.00 bits per heavy atom. The van der Waals surface area contributed by atoms with Gasteiger partial charge in [-0.05, 0) is 30.5 Å². The summed E-state index contributed by atoms with van der Waals surface area (Å²) in [4.78, 5) is 21.1. The Balaban J connectivity index is 1.56. The van der Waals surface area contributed by atoms with Gasteiger partial charge in [0.1, 0.15) is 0 Å². The van der Waals surface area contributed by atoms with Crippen LogP contribution >= 0.6 is 0 Å². The minimum absolute atomic E-state index is 0.150. The smallest absolute Gasteiger partial charge is 0.223 e. The Kier molecular flexibility index (Phi) is 3.94. The van der Waals surface area contributed by atoms with Gasteiger partial charge in [0.2, 0.25) is 5.95 Å². The fraction of sp³-hybridized carbons (Fsp3) is 0.300. The van der Waals surface area contributed by atoms with Crippen LogP contribution in [0.2, 0.25) is 0 Å². The molecule has 4 aromatic rings. The van der Waals surface area contributed by atoms with Crippen LogP contribution in [0.1, 0.15) is 25.7 Å². The minimum atomic E-state index is 0.150. The van der Waals surface area contributed by atoms with E-state index in [-0.39, 0.29) is 12.1 Å². The van der Waals surface area contributed by atoms with Crippen molar-refractivity contribution in [2.75, 3.05) is 5.32 Å². The summed E-state index contributed by atoms with van der Waals surface area (Å²) in [6.45, 7) is 0. The molecule has 136 valence electrons. The molecule has 0 saturated heterocycles. The monoisotopic (exact) mass is 359 g/mol. The second kappa shape index (κ2) is 6.59. The normalized spacial score (nSPS) is 20.2. The first-order valence-corrected chi connectivity index (χ1v) is 9.34. The van der Waals surface area contributed by atoms with Crippen molar-refractivity contribution in [3.05, 3.63) is 43.1 Å². The Hall–Kier alpha value is -3.06. The average Bonchev–Trinajstić information content (AvgIpc) is 3.17. The van der Waals surface area contributed by atoms with E-state index >= 15 is 0 Å². The van der Waals surface area contributed by atoms with Gasteiger partial charge in [0.15, 0.2) is 0 Å². The van der Waals surface area contributed by atoms with E-state index in [2.05, 4.69) is 37.4 Å². The molecule has 3 aromatic heterocycles. The zero-order valence-corrected chi connectivity index (χ0v) is 14.9. The zero-order valence-electron chi connectivity index (χ0n) is 14.9. The van der Waals surface area contributed by atoms with Gasteiger partial charge in [-0.1, -0.05) is 18.9 Å². The highest BCUT2D eigenvalue weighted by Crippen LogP contribution is 2.29. The molecule has 0 spiro atoms. The van der Waals surface area contributed by atoms with Crippen LogP contribution in [0.4, 0.5) is 5.95 Å². The van der Waals surface area contributed by atoms with Crippen LogP contribution in [0.15, 0.2) is 43.1 Å². The number of imidazole rings is 1. The lowest BCUT2D eigenvalue weighted by molar-refractivity contribution is 0.402. The number of anilines is 1. The summed E-state index contributed by atoms with van der Waals surface area (Å²) < 4.78 is 0. The van der Waals surface area contributed by atoms with Crippen LogP contribution in [0, 0.1) is 0 Å². The van der Waals surface area contributed by atoms with Crippen LogP contribution in [0.5, 0.6) is 0 Å². The molecule has 1 aromatic carbocycles. The summed E-state index contributed by atoms with van der Waals surface area (Å²) in [6, 6.07) is 6.51. The summed E-state index contributed by atoms with van der Waals surface area (Å²) in [6.07, 6.45) is 11.7. The predicted molar refractivity (Wildman–Crippen MR) is 106 cm³/mol. The number of hydrogen-bond donors (Lipinski definition) is 3. The van der Waals surface area contributed by atoms with Crippen molar-refractivity contribution in [2.24, 2.45) is 5.73 Å². The SMILES string of the molecule is N[C@@H]1CCCC[C@@H]1Nc1ncc2cncc(-c3ccc4[nH]cnc4c3)c2n1. The third kappa shape index (κ3) is 3.00. The summed E-state index contributed by atoms with van der Waals surface area (Å²) in [5.41, 5.74) is 11.1. The maximum atomic E-state index is 6.27. The molecule has 1 saturated carbocycles. The van der Waals surface area contributed by atoms with Crippen molar-refractivity contribution in [1.82, 2.24) is 24.9 Å². The number of pyridine rings is 1. The summed E-state index contributed by atoms with van der Waals surface area (Å²) >= 11 is 0. The van der Waals surface area contributed by atoms with Gasteiger partial charge in [-0.3, -0.25) is 4.98 Å². The number of rotatable bonds is 3. The van der Waals surface area contributed by atoms with Gasteiger partial charge in [0.25, 0.3) is 0 Å². The maximum Gasteiger partial charge on any atom is 0.223 e. The first kappa shape index (κ1) is 16.1. The second-order valence-corrected chi connectivity index (χ2v) is 7.15. The average molecular weight is 359 g/mol. The number of H-pyrrole nitrogens is 1. The molecular weight excluding hydrogens is 338 g/mol. The molecular formula is C20H21N7. The molecule has 0 aliphatic heterocycles. The van der Waals surface area contributed by atoms with Crippen molar-refractivity contribution in [3.8, 4) is 11.1 Å². The van der Waals surface area contributed by atoms with E-state index in [9.17, 15) is 0 Å². The molecule has 0 amide bonds. The molecule has 27 heavy (non-hydrogen) atoms. The number of hydrogen-bond acceptors (Lipinski definition) is 6. The summed E-state index contributed by atoms with van der Waals surface area (Å²) in [5.74, 6) is 0.623. The fourth-order valence-corrected chi connectivity index (χ4v) is 3.84. The lowest BCUT2D eigenvalue weighted by atomic mass is 9.91. The molecule has 5 rings (SSSR count). The van der Waals surface area contributed by atoms with E-state index in [1.165, 1.54) is 12.8 Å².